The summed E-state index contributed by atoms with van der Waals surface area (Å²) in [6, 6.07) is 6.59. The summed E-state index contributed by atoms with van der Waals surface area (Å²) in [6.45, 7) is 6.50. The summed E-state index contributed by atoms with van der Waals surface area (Å²) in [5.74, 6) is 0.611. The normalized spacial score (nSPS) is 19.3. The predicted octanol–water partition coefficient (Wildman–Crippen LogP) is 3.50. The molecular weight excluding hydrogens is 240 g/mol. The molecule has 3 heteroatoms. The summed E-state index contributed by atoms with van der Waals surface area (Å²) < 4.78 is 0. The lowest BCUT2D eigenvalue weighted by molar-refractivity contribution is 0.742. The highest BCUT2D eigenvalue weighted by Crippen LogP contribution is 2.31. The maximum atomic E-state index is 4.84. The SMILES string of the molecule is Cc1ccc(C)c(-c2nc(C3CCNC3)cs2)c1. The molecule has 1 aliphatic rings. The van der Waals surface area contributed by atoms with Gasteiger partial charge in [-0.05, 0) is 38.4 Å². The number of nitrogens with one attached hydrogen (secondary N) is 1. The molecule has 0 spiro atoms. The molecule has 94 valence electrons. The second-order valence-electron chi connectivity index (χ2n) is 5.09. The Morgan fingerprint density at radius 3 is 3.00 bits per heavy atom. The molecule has 0 bridgehead atoms. The molecular formula is C15H18N2S. The van der Waals surface area contributed by atoms with Crippen molar-refractivity contribution < 1.29 is 0 Å². The molecule has 2 aromatic rings. The highest BCUT2D eigenvalue weighted by atomic mass is 32.1. The van der Waals surface area contributed by atoms with Crippen molar-refractivity contribution in [3.05, 3.63) is 40.4 Å². The topological polar surface area (TPSA) is 24.9 Å². The lowest BCUT2D eigenvalue weighted by Gasteiger charge is -2.05. The van der Waals surface area contributed by atoms with Crippen LogP contribution in [-0.4, -0.2) is 18.1 Å². The molecule has 1 saturated heterocycles. The van der Waals surface area contributed by atoms with Crippen LogP contribution in [0.15, 0.2) is 23.6 Å². The van der Waals surface area contributed by atoms with Crippen molar-refractivity contribution in [2.45, 2.75) is 26.2 Å². The molecule has 1 N–H and O–H groups in total. The lowest BCUT2D eigenvalue weighted by atomic mass is 10.1. The zero-order chi connectivity index (χ0) is 12.5. The Morgan fingerprint density at radius 2 is 2.22 bits per heavy atom. The summed E-state index contributed by atoms with van der Waals surface area (Å²) in [5, 5.41) is 6.80. The van der Waals surface area contributed by atoms with Crippen LogP contribution in [0.1, 0.15) is 29.2 Å². The van der Waals surface area contributed by atoms with Crippen LogP contribution in [0.25, 0.3) is 10.6 Å². The van der Waals surface area contributed by atoms with Crippen molar-refractivity contribution in [3.63, 3.8) is 0 Å². The van der Waals surface area contributed by atoms with Gasteiger partial charge in [0.05, 0.1) is 5.69 Å². The van der Waals surface area contributed by atoms with Gasteiger partial charge in [0, 0.05) is 23.4 Å². The van der Waals surface area contributed by atoms with Crippen LogP contribution >= 0.6 is 11.3 Å². The minimum atomic E-state index is 0.611. The number of benzene rings is 1. The Labute approximate surface area is 112 Å². The monoisotopic (exact) mass is 258 g/mol. The van der Waals surface area contributed by atoms with Crippen LogP contribution in [0, 0.1) is 13.8 Å². The van der Waals surface area contributed by atoms with E-state index in [1.165, 1.54) is 28.8 Å². The molecule has 2 nitrogen and oxygen atoms in total. The van der Waals surface area contributed by atoms with E-state index in [9.17, 15) is 0 Å². The van der Waals surface area contributed by atoms with Gasteiger partial charge < -0.3 is 5.32 Å². The maximum Gasteiger partial charge on any atom is 0.123 e. The van der Waals surface area contributed by atoms with Gasteiger partial charge in [-0.3, -0.25) is 0 Å². The summed E-state index contributed by atoms with van der Waals surface area (Å²) >= 11 is 1.77. The van der Waals surface area contributed by atoms with E-state index < -0.39 is 0 Å². The number of rotatable bonds is 2. The third-order valence-corrected chi connectivity index (χ3v) is 4.52. The highest BCUT2D eigenvalue weighted by molar-refractivity contribution is 7.13. The zero-order valence-corrected chi connectivity index (χ0v) is 11.7. The number of aromatic nitrogens is 1. The van der Waals surface area contributed by atoms with E-state index in [-0.39, 0.29) is 0 Å². The van der Waals surface area contributed by atoms with E-state index in [0.29, 0.717) is 5.92 Å². The predicted molar refractivity (Wildman–Crippen MR) is 77.3 cm³/mol. The number of nitrogens with zero attached hydrogens (tertiary/aromatic N) is 1. The highest BCUT2D eigenvalue weighted by Gasteiger charge is 2.19. The van der Waals surface area contributed by atoms with Gasteiger partial charge >= 0.3 is 0 Å². The average Bonchev–Trinajstić information content (AvgIpc) is 3.00. The van der Waals surface area contributed by atoms with E-state index in [1.54, 1.807) is 11.3 Å². The average molecular weight is 258 g/mol. The van der Waals surface area contributed by atoms with Crippen LogP contribution in [-0.2, 0) is 0 Å². The number of hydrogen-bond donors (Lipinski definition) is 1. The summed E-state index contributed by atoms with van der Waals surface area (Å²) in [7, 11) is 0. The van der Waals surface area contributed by atoms with E-state index in [1.807, 2.05) is 0 Å². The van der Waals surface area contributed by atoms with Crippen LogP contribution in [0.4, 0.5) is 0 Å². The van der Waals surface area contributed by atoms with Crippen molar-refractivity contribution in [1.29, 1.82) is 0 Å². The van der Waals surface area contributed by atoms with Crippen molar-refractivity contribution in [2.75, 3.05) is 13.1 Å². The summed E-state index contributed by atoms with van der Waals surface area (Å²) in [6.07, 6.45) is 1.22. The van der Waals surface area contributed by atoms with Gasteiger partial charge in [-0.25, -0.2) is 4.98 Å². The number of aryl methyl sites for hydroxylation is 2. The van der Waals surface area contributed by atoms with Crippen molar-refractivity contribution >= 4 is 11.3 Å². The van der Waals surface area contributed by atoms with Gasteiger partial charge in [0.1, 0.15) is 5.01 Å². The molecule has 1 aliphatic heterocycles. The fourth-order valence-corrected chi connectivity index (χ4v) is 3.45. The van der Waals surface area contributed by atoms with Crippen LogP contribution in [0.2, 0.25) is 0 Å². The first-order valence-corrected chi connectivity index (χ1v) is 7.36. The molecule has 2 heterocycles. The summed E-state index contributed by atoms with van der Waals surface area (Å²) in [4.78, 5) is 4.84. The molecule has 0 aliphatic carbocycles. The molecule has 1 unspecified atom stereocenters. The molecule has 0 radical (unpaired) electrons. The van der Waals surface area contributed by atoms with E-state index >= 15 is 0 Å². The van der Waals surface area contributed by atoms with E-state index in [0.717, 1.165) is 18.1 Å². The number of thiazole rings is 1. The molecule has 0 amide bonds. The largest absolute Gasteiger partial charge is 0.316 e. The maximum absolute atomic E-state index is 4.84. The van der Waals surface area contributed by atoms with Crippen molar-refractivity contribution in [2.24, 2.45) is 0 Å². The molecule has 1 aromatic carbocycles. The molecule has 1 fully saturated rings. The molecule has 0 saturated carbocycles. The molecule has 1 atom stereocenters. The second kappa shape index (κ2) is 4.82. The smallest absolute Gasteiger partial charge is 0.123 e. The lowest BCUT2D eigenvalue weighted by Crippen LogP contribution is -2.08. The second-order valence-corrected chi connectivity index (χ2v) is 5.94. The minimum absolute atomic E-state index is 0.611. The van der Waals surface area contributed by atoms with Crippen LogP contribution in [0.5, 0.6) is 0 Å². The molecule has 18 heavy (non-hydrogen) atoms. The van der Waals surface area contributed by atoms with Crippen LogP contribution in [0.3, 0.4) is 0 Å². The van der Waals surface area contributed by atoms with Gasteiger partial charge in [-0.1, -0.05) is 17.7 Å². The standard InChI is InChI=1S/C15H18N2S/c1-10-3-4-11(2)13(7-10)15-17-14(9-18-15)12-5-6-16-8-12/h3-4,7,9,12,16H,5-6,8H2,1-2H3. The molecule has 3 rings (SSSR count). The Kier molecular flexibility index (Phi) is 3.18. The Hall–Kier alpha value is -1.19. The van der Waals surface area contributed by atoms with E-state index in [2.05, 4.69) is 42.7 Å². The van der Waals surface area contributed by atoms with Gasteiger partial charge in [0.15, 0.2) is 0 Å². The van der Waals surface area contributed by atoms with Gasteiger partial charge in [0.25, 0.3) is 0 Å². The van der Waals surface area contributed by atoms with Crippen LogP contribution < -0.4 is 5.32 Å². The third-order valence-electron chi connectivity index (χ3n) is 3.62. The van der Waals surface area contributed by atoms with Crippen molar-refractivity contribution in [3.8, 4) is 10.6 Å². The van der Waals surface area contributed by atoms with E-state index in [4.69, 9.17) is 4.98 Å². The quantitative estimate of drug-likeness (QED) is 0.891. The fourth-order valence-electron chi connectivity index (χ4n) is 2.47. The first kappa shape index (κ1) is 11.9. The van der Waals surface area contributed by atoms with Gasteiger partial charge in [-0.15, -0.1) is 11.3 Å². The first-order valence-electron chi connectivity index (χ1n) is 6.48. The fraction of sp³-hybridized carbons (Fsp3) is 0.400. The third kappa shape index (κ3) is 2.20. The first-order chi connectivity index (χ1) is 8.74. The number of hydrogen-bond acceptors (Lipinski definition) is 3. The summed E-state index contributed by atoms with van der Waals surface area (Å²) in [5.41, 5.74) is 5.17. The van der Waals surface area contributed by atoms with Gasteiger partial charge in [0.2, 0.25) is 0 Å². The Bertz CT molecular complexity index is 553. The van der Waals surface area contributed by atoms with Gasteiger partial charge in [-0.2, -0.15) is 0 Å². The Morgan fingerprint density at radius 1 is 1.33 bits per heavy atom. The molecule has 1 aromatic heterocycles. The minimum Gasteiger partial charge on any atom is -0.316 e. The zero-order valence-electron chi connectivity index (χ0n) is 10.9. The Balaban J connectivity index is 1.94. The van der Waals surface area contributed by atoms with Crippen molar-refractivity contribution in [1.82, 2.24) is 10.3 Å².